The number of nitrogens with one attached hydrogen (secondary N) is 2. The van der Waals surface area contributed by atoms with Crippen LogP contribution in [-0.4, -0.2) is 43.2 Å². The smallest absolute Gasteiger partial charge is 0.253 e. The average molecular weight is 481 g/mol. The first-order chi connectivity index (χ1) is 16.4. The van der Waals surface area contributed by atoms with Gasteiger partial charge in [-0.15, -0.1) is 0 Å². The standard InChI is InChI=1S/C24H25FN6O2S/c1-4-31-21-18(23(33)26-10-12-34-24-27-9-11-30(24)3)13-16(28-15(2)32)14-20(21)29-22(31)17-7-5-6-8-19(17)25/h5-9,11,13-14H,4,10,12H2,1-3H3,(H,26,33)(H,28,32). The molecule has 4 rings (SSSR count). The summed E-state index contributed by atoms with van der Waals surface area (Å²) in [6, 6.07) is 9.73. The van der Waals surface area contributed by atoms with E-state index in [0.717, 1.165) is 5.16 Å². The van der Waals surface area contributed by atoms with Gasteiger partial charge in [0.2, 0.25) is 5.91 Å². The number of fused-ring (bicyclic) bond motifs is 1. The first-order valence-corrected chi connectivity index (χ1v) is 11.8. The molecule has 0 spiro atoms. The van der Waals surface area contributed by atoms with Crippen LogP contribution in [0.2, 0.25) is 0 Å². The van der Waals surface area contributed by atoms with Crippen molar-refractivity contribution in [1.29, 1.82) is 0 Å². The summed E-state index contributed by atoms with van der Waals surface area (Å²) < 4.78 is 18.3. The van der Waals surface area contributed by atoms with Crippen molar-refractivity contribution < 1.29 is 14.0 Å². The second-order valence-electron chi connectivity index (χ2n) is 7.66. The molecular formula is C24H25FN6O2S. The fourth-order valence-electron chi connectivity index (χ4n) is 3.77. The minimum absolute atomic E-state index is 0.263. The molecule has 4 aromatic rings. The van der Waals surface area contributed by atoms with Gasteiger partial charge in [-0.3, -0.25) is 9.59 Å². The van der Waals surface area contributed by atoms with E-state index in [2.05, 4.69) is 20.6 Å². The number of nitrogens with zero attached hydrogens (tertiary/aromatic N) is 4. The molecule has 0 unspecified atom stereocenters. The number of aryl methyl sites for hydroxylation is 2. The third-order valence-electron chi connectivity index (χ3n) is 5.23. The first kappa shape index (κ1) is 23.5. The highest BCUT2D eigenvalue weighted by Gasteiger charge is 2.21. The molecule has 34 heavy (non-hydrogen) atoms. The Hall–Kier alpha value is -3.66. The summed E-state index contributed by atoms with van der Waals surface area (Å²) in [7, 11) is 1.91. The summed E-state index contributed by atoms with van der Waals surface area (Å²) in [5, 5.41) is 6.53. The Balaban J connectivity index is 1.69. The number of benzene rings is 2. The van der Waals surface area contributed by atoms with Gasteiger partial charge in [0.15, 0.2) is 5.16 Å². The van der Waals surface area contributed by atoms with Crippen LogP contribution in [0.3, 0.4) is 0 Å². The van der Waals surface area contributed by atoms with Crippen molar-refractivity contribution in [2.75, 3.05) is 17.6 Å². The fourth-order valence-corrected chi connectivity index (χ4v) is 4.55. The highest BCUT2D eigenvalue weighted by atomic mass is 32.2. The topological polar surface area (TPSA) is 93.8 Å². The molecule has 2 aromatic carbocycles. The van der Waals surface area contributed by atoms with E-state index in [4.69, 9.17) is 0 Å². The monoisotopic (exact) mass is 480 g/mol. The highest BCUT2D eigenvalue weighted by molar-refractivity contribution is 7.99. The summed E-state index contributed by atoms with van der Waals surface area (Å²) in [5.41, 5.74) is 2.25. The molecule has 0 atom stereocenters. The molecule has 2 heterocycles. The van der Waals surface area contributed by atoms with Crippen LogP contribution in [0.25, 0.3) is 22.4 Å². The van der Waals surface area contributed by atoms with Gasteiger partial charge >= 0.3 is 0 Å². The van der Waals surface area contributed by atoms with Gasteiger partial charge in [-0.25, -0.2) is 14.4 Å². The Morgan fingerprint density at radius 2 is 2.00 bits per heavy atom. The lowest BCUT2D eigenvalue weighted by Crippen LogP contribution is -2.26. The van der Waals surface area contributed by atoms with Crippen molar-refractivity contribution >= 4 is 40.3 Å². The highest BCUT2D eigenvalue weighted by Crippen LogP contribution is 2.31. The van der Waals surface area contributed by atoms with E-state index in [1.54, 1.807) is 36.5 Å². The molecule has 0 saturated carbocycles. The number of anilines is 1. The summed E-state index contributed by atoms with van der Waals surface area (Å²) in [6.07, 6.45) is 3.59. The predicted molar refractivity (Wildman–Crippen MR) is 131 cm³/mol. The van der Waals surface area contributed by atoms with Crippen LogP contribution in [-0.2, 0) is 18.4 Å². The number of carbonyl (C=O) groups is 2. The van der Waals surface area contributed by atoms with Gasteiger partial charge in [0, 0.05) is 50.9 Å². The maximum absolute atomic E-state index is 14.6. The summed E-state index contributed by atoms with van der Waals surface area (Å²) in [4.78, 5) is 33.8. The largest absolute Gasteiger partial charge is 0.351 e. The van der Waals surface area contributed by atoms with Gasteiger partial charge in [0.25, 0.3) is 5.91 Å². The number of carbonyl (C=O) groups excluding carboxylic acids is 2. The van der Waals surface area contributed by atoms with Crippen molar-refractivity contribution in [2.24, 2.45) is 7.05 Å². The molecule has 2 amide bonds. The van der Waals surface area contributed by atoms with Crippen molar-refractivity contribution in [3.8, 4) is 11.4 Å². The molecule has 10 heteroatoms. The first-order valence-electron chi connectivity index (χ1n) is 10.8. The Labute approximate surface area is 200 Å². The molecule has 176 valence electrons. The summed E-state index contributed by atoms with van der Waals surface area (Å²) in [6.45, 7) is 4.21. The number of hydrogen-bond donors (Lipinski definition) is 2. The minimum Gasteiger partial charge on any atom is -0.351 e. The van der Waals surface area contributed by atoms with Crippen LogP contribution in [0.1, 0.15) is 24.2 Å². The Morgan fingerprint density at radius 3 is 2.68 bits per heavy atom. The number of imidazole rings is 2. The molecule has 2 aromatic heterocycles. The maximum atomic E-state index is 14.6. The molecule has 0 saturated heterocycles. The van der Waals surface area contributed by atoms with E-state index >= 15 is 0 Å². The Kier molecular flexibility index (Phi) is 6.97. The SMILES string of the molecule is CCn1c(-c2ccccc2F)nc2cc(NC(C)=O)cc(C(=O)NCCSc3nccn3C)c21. The third-order valence-corrected chi connectivity index (χ3v) is 6.29. The van der Waals surface area contributed by atoms with E-state index in [9.17, 15) is 14.0 Å². The fraction of sp³-hybridized carbons (Fsp3) is 0.250. The Morgan fingerprint density at radius 1 is 1.21 bits per heavy atom. The van der Waals surface area contributed by atoms with Gasteiger partial charge < -0.3 is 19.8 Å². The van der Waals surface area contributed by atoms with E-state index in [1.165, 1.54) is 24.8 Å². The van der Waals surface area contributed by atoms with Crippen molar-refractivity contribution in [1.82, 2.24) is 24.4 Å². The van der Waals surface area contributed by atoms with Crippen molar-refractivity contribution in [2.45, 2.75) is 25.5 Å². The lowest BCUT2D eigenvalue weighted by atomic mass is 10.1. The number of amides is 2. The van der Waals surface area contributed by atoms with Crippen LogP contribution in [0, 0.1) is 5.82 Å². The predicted octanol–water partition coefficient (Wildman–Crippen LogP) is 4.08. The molecule has 0 radical (unpaired) electrons. The molecule has 0 aliphatic rings. The molecule has 0 fully saturated rings. The molecule has 0 aliphatic carbocycles. The van der Waals surface area contributed by atoms with E-state index < -0.39 is 5.82 Å². The van der Waals surface area contributed by atoms with Crippen LogP contribution in [0.5, 0.6) is 0 Å². The number of rotatable bonds is 8. The zero-order valence-corrected chi connectivity index (χ0v) is 19.9. The molecular weight excluding hydrogens is 455 g/mol. The molecule has 0 aliphatic heterocycles. The normalized spacial score (nSPS) is 11.1. The van der Waals surface area contributed by atoms with Crippen molar-refractivity contribution in [3.05, 3.63) is 60.2 Å². The van der Waals surface area contributed by atoms with Gasteiger partial charge in [0.05, 0.1) is 22.2 Å². The number of aromatic nitrogens is 4. The summed E-state index contributed by atoms with van der Waals surface area (Å²) >= 11 is 1.54. The lowest BCUT2D eigenvalue weighted by molar-refractivity contribution is -0.114. The van der Waals surface area contributed by atoms with Crippen LogP contribution >= 0.6 is 11.8 Å². The molecule has 2 N–H and O–H groups in total. The van der Waals surface area contributed by atoms with E-state index in [1.807, 2.05) is 29.3 Å². The minimum atomic E-state index is -0.396. The quantitative estimate of drug-likeness (QED) is 0.293. The summed E-state index contributed by atoms with van der Waals surface area (Å²) in [5.74, 6) is 0.106. The maximum Gasteiger partial charge on any atom is 0.253 e. The van der Waals surface area contributed by atoms with Gasteiger partial charge in [-0.1, -0.05) is 23.9 Å². The molecule has 8 nitrogen and oxygen atoms in total. The van der Waals surface area contributed by atoms with Crippen LogP contribution < -0.4 is 10.6 Å². The third kappa shape index (κ3) is 4.81. The number of halogens is 1. The van der Waals surface area contributed by atoms with Crippen LogP contribution in [0.15, 0.2) is 53.9 Å². The van der Waals surface area contributed by atoms with Gasteiger partial charge in [0.1, 0.15) is 11.6 Å². The van der Waals surface area contributed by atoms with Gasteiger partial charge in [-0.05, 0) is 31.2 Å². The Bertz CT molecular complexity index is 1360. The van der Waals surface area contributed by atoms with E-state index in [-0.39, 0.29) is 11.8 Å². The second-order valence-corrected chi connectivity index (χ2v) is 8.72. The zero-order chi connectivity index (χ0) is 24.2. The van der Waals surface area contributed by atoms with Crippen LogP contribution in [0.4, 0.5) is 10.1 Å². The average Bonchev–Trinajstić information content (AvgIpc) is 3.38. The lowest BCUT2D eigenvalue weighted by Gasteiger charge is -2.12. The number of hydrogen-bond acceptors (Lipinski definition) is 5. The van der Waals surface area contributed by atoms with E-state index in [0.29, 0.717) is 52.5 Å². The zero-order valence-electron chi connectivity index (χ0n) is 19.1. The second kappa shape index (κ2) is 10.1. The molecule has 0 bridgehead atoms. The van der Waals surface area contributed by atoms with Gasteiger partial charge in [-0.2, -0.15) is 0 Å². The van der Waals surface area contributed by atoms with Crippen molar-refractivity contribution in [3.63, 3.8) is 0 Å². The number of thioether (sulfide) groups is 1.